The van der Waals surface area contributed by atoms with E-state index in [1.807, 2.05) is 11.8 Å². The van der Waals surface area contributed by atoms with E-state index in [1.54, 1.807) is 18.2 Å². The Morgan fingerprint density at radius 1 is 1.47 bits per heavy atom. The van der Waals surface area contributed by atoms with E-state index in [9.17, 15) is 4.79 Å². The molecule has 0 saturated heterocycles. The fourth-order valence-corrected chi connectivity index (χ4v) is 2.04. The second-order valence-corrected chi connectivity index (χ2v) is 4.63. The Hall–Kier alpha value is -1.10. The van der Waals surface area contributed by atoms with E-state index in [0.29, 0.717) is 35.8 Å². The average molecular weight is 286 g/mol. The van der Waals surface area contributed by atoms with E-state index in [1.165, 1.54) is 7.11 Å². The SMILES string of the molecule is CCN(CCCO)CC(=O)c1ccc(OC)c(Cl)c1. The van der Waals surface area contributed by atoms with Crippen LogP contribution in [0.3, 0.4) is 0 Å². The number of hydrogen-bond donors (Lipinski definition) is 1. The summed E-state index contributed by atoms with van der Waals surface area (Å²) in [6.45, 7) is 3.95. The van der Waals surface area contributed by atoms with Gasteiger partial charge in [-0.1, -0.05) is 18.5 Å². The van der Waals surface area contributed by atoms with Crippen LogP contribution in [0.25, 0.3) is 0 Å². The second kappa shape index (κ2) is 8.15. The monoisotopic (exact) mass is 285 g/mol. The minimum Gasteiger partial charge on any atom is -0.495 e. The van der Waals surface area contributed by atoms with Crippen LogP contribution in [0.15, 0.2) is 18.2 Å². The zero-order valence-corrected chi connectivity index (χ0v) is 12.1. The van der Waals surface area contributed by atoms with Crippen LogP contribution >= 0.6 is 11.6 Å². The summed E-state index contributed by atoms with van der Waals surface area (Å²) < 4.78 is 5.05. The number of nitrogens with zero attached hydrogens (tertiary/aromatic N) is 1. The average Bonchev–Trinajstić information content (AvgIpc) is 2.43. The number of ketones is 1. The highest BCUT2D eigenvalue weighted by Crippen LogP contribution is 2.25. The van der Waals surface area contributed by atoms with Crippen molar-refractivity contribution in [3.8, 4) is 5.75 Å². The first kappa shape index (κ1) is 16.0. The highest BCUT2D eigenvalue weighted by atomic mass is 35.5. The number of carbonyl (C=O) groups excluding carboxylic acids is 1. The molecule has 0 fully saturated rings. The smallest absolute Gasteiger partial charge is 0.176 e. The molecule has 0 spiro atoms. The summed E-state index contributed by atoms with van der Waals surface area (Å²) in [5, 5.41) is 9.25. The summed E-state index contributed by atoms with van der Waals surface area (Å²) in [4.78, 5) is 14.1. The number of Topliss-reactive ketones (excluding diaryl/α,β-unsaturated/α-hetero) is 1. The maximum Gasteiger partial charge on any atom is 0.176 e. The molecule has 0 aromatic heterocycles. The maximum atomic E-state index is 12.1. The van der Waals surface area contributed by atoms with Gasteiger partial charge in [0, 0.05) is 18.7 Å². The maximum absolute atomic E-state index is 12.1. The van der Waals surface area contributed by atoms with Gasteiger partial charge >= 0.3 is 0 Å². The van der Waals surface area contributed by atoms with Crippen LogP contribution in [-0.2, 0) is 0 Å². The lowest BCUT2D eigenvalue weighted by molar-refractivity contribution is 0.0928. The molecule has 5 heteroatoms. The molecule has 1 aromatic rings. The Bertz CT molecular complexity index is 423. The Morgan fingerprint density at radius 2 is 2.21 bits per heavy atom. The predicted octanol–water partition coefficient (Wildman–Crippen LogP) is 2.24. The molecule has 0 aliphatic carbocycles. The van der Waals surface area contributed by atoms with Crippen molar-refractivity contribution in [2.24, 2.45) is 0 Å². The Labute approximate surface area is 118 Å². The van der Waals surface area contributed by atoms with Crippen LogP contribution in [0.1, 0.15) is 23.7 Å². The van der Waals surface area contributed by atoms with Crippen molar-refractivity contribution in [1.29, 1.82) is 0 Å². The van der Waals surface area contributed by atoms with E-state index < -0.39 is 0 Å². The van der Waals surface area contributed by atoms with E-state index in [4.69, 9.17) is 21.4 Å². The molecule has 106 valence electrons. The quantitative estimate of drug-likeness (QED) is 0.744. The van der Waals surface area contributed by atoms with Gasteiger partial charge in [-0.15, -0.1) is 0 Å². The van der Waals surface area contributed by atoms with Crippen molar-refractivity contribution in [1.82, 2.24) is 4.90 Å². The van der Waals surface area contributed by atoms with Crippen LogP contribution in [0.5, 0.6) is 5.75 Å². The van der Waals surface area contributed by atoms with E-state index in [-0.39, 0.29) is 12.4 Å². The molecule has 1 N–H and O–H groups in total. The number of halogens is 1. The molecule has 1 rings (SSSR count). The highest BCUT2D eigenvalue weighted by Gasteiger charge is 2.12. The third kappa shape index (κ3) is 4.82. The molecule has 0 radical (unpaired) electrons. The Kier molecular flexibility index (Phi) is 6.84. The summed E-state index contributed by atoms with van der Waals surface area (Å²) >= 11 is 6.00. The van der Waals surface area contributed by atoms with Crippen molar-refractivity contribution in [3.63, 3.8) is 0 Å². The largest absolute Gasteiger partial charge is 0.495 e. The fraction of sp³-hybridized carbons (Fsp3) is 0.500. The van der Waals surface area contributed by atoms with Gasteiger partial charge in [0.15, 0.2) is 5.78 Å². The van der Waals surface area contributed by atoms with Gasteiger partial charge in [0.1, 0.15) is 5.75 Å². The molecule has 0 amide bonds. The van der Waals surface area contributed by atoms with Gasteiger partial charge in [0.05, 0.1) is 18.7 Å². The summed E-state index contributed by atoms with van der Waals surface area (Å²) in [6, 6.07) is 5.04. The number of rotatable bonds is 8. The van der Waals surface area contributed by atoms with Gasteiger partial charge in [-0.25, -0.2) is 0 Å². The second-order valence-electron chi connectivity index (χ2n) is 4.22. The van der Waals surface area contributed by atoms with Gasteiger partial charge in [0.2, 0.25) is 0 Å². The molecule has 19 heavy (non-hydrogen) atoms. The van der Waals surface area contributed by atoms with Crippen molar-refractivity contribution < 1.29 is 14.6 Å². The van der Waals surface area contributed by atoms with Crippen molar-refractivity contribution >= 4 is 17.4 Å². The zero-order valence-electron chi connectivity index (χ0n) is 11.4. The first-order chi connectivity index (χ1) is 9.12. The minimum absolute atomic E-state index is 0.0179. The third-order valence-corrected chi connectivity index (χ3v) is 3.22. The first-order valence-corrected chi connectivity index (χ1v) is 6.70. The summed E-state index contributed by atoms with van der Waals surface area (Å²) in [5.41, 5.74) is 0.577. The van der Waals surface area contributed by atoms with Gasteiger partial charge in [-0.05, 0) is 31.2 Å². The summed E-state index contributed by atoms with van der Waals surface area (Å²) in [7, 11) is 1.54. The van der Waals surface area contributed by atoms with Crippen molar-refractivity contribution in [2.75, 3.05) is 33.4 Å². The Balaban J connectivity index is 2.69. The topological polar surface area (TPSA) is 49.8 Å². The lowest BCUT2D eigenvalue weighted by Gasteiger charge is -2.19. The molecular weight excluding hydrogens is 266 g/mol. The number of ether oxygens (including phenoxy) is 1. The standard InChI is InChI=1S/C14H20ClNO3/c1-3-16(7-4-8-17)10-13(18)11-5-6-14(19-2)12(15)9-11/h5-6,9,17H,3-4,7-8,10H2,1-2H3. The number of methoxy groups -OCH3 is 1. The zero-order chi connectivity index (χ0) is 14.3. The van der Waals surface area contributed by atoms with Gasteiger partial charge < -0.3 is 9.84 Å². The number of likely N-dealkylation sites (N-methyl/N-ethyl adjacent to an activating group) is 1. The third-order valence-electron chi connectivity index (χ3n) is 2.92. The van der Waals surface area contributed by atoms with Crippen LogP contribution in [-0.4, -0.2) is 49.1 Å². The summed E-state index contributed by atoms with van der Waals surface area (Å²) in [5.74, 6) is 0.579. The molecule has 0 aliphatic heterocycles. The van der Waals surface area contributed by atoms with Crippen molar-refractivity contribution in [2.45, 2.75) is 13.3 Å². The minimum atomic E-state index is 0.0179. The van der Waals surface area contributed by atoms with Crippen LogP contribution in [0.2, 0.25) is 5.02 Å². The van der Waals surface area contributed by atoms with Gasteiger partial charge in [0.25, 0.3) is 0 Å². The molecule has 0 saturated carbocycles. The molecule has 0 heterocycles. The molecule has 0 unspecified atom stereocenters. The molecule has 1 aromatic carbocycles. The molecule has 0 atom stereocenters. The lowest BCUT2D eigenvalue weighted by atomic mass is 10.1. The van der Waals surface area contributed by atoms with Gasteiger partial charge in [-0.2, -0.15) is 0 Å². The van der Waals surface area contributed by atoms with Crippen molar-refractivity contribution in [3.05, 3.63) is 28.8 Å². The fourth-order valence-electron chi connectivity index (χ4n) is 1.78. The normalized spacial score (nSPS) is 10.8. The van der Waals surface area contributed by atoms with Crippen LogP contribution < -0.4 is 4.74 Å². The molecule has 0 aliphatic rings. The Morgan fingerprint density at radius 3 is 2.74 bits per heavy atom. The van der Waals surface area contributed by atoms with Crippen LogP contribution in [0.4, 0.5) is 0 Å². The van der Waals surface area contributed by atoms with E-state index in [0.717, 1.165) is 6.54 Å². The van der Waals surface area contributed by atoms with E-state index >= 15 is 0 Å². The lowest BCUT2D eigenvalue weighted by Crippen LogP contribution is -2.31. The molecular formula is C14H20ClNO3. The van der Waals surface area contributed by atoms with E-state index in [2.05, 4.69) is 0 Å². The molecule has 0 bridgehead atoms. The van der Waals surface area contributed by atoms with Crippen LogP contribution in [0, 0.1) is 0 Å². The predicted molar refractivity (Wildman–Crippen MR) is 76.2 cm³/mol. The number of carbonyl (C=O) groups is 1. The first-order valence-electron chi connectivity index (χ1n) is 6.32. The highest BCUT2D eigenvalue weighted by molar-refractivity contribution is 6.32. The number of aliphatic hydroxyl groups is 1. The summed E-state index contributed by atoms with van der Waals surface area (Å²) in [6.07, 6.45) is 0.671. The number of benzene rings is 1. The number of aliphatic hydroxyl groups excluding tert-OH is 1. The molecule has 4 nitrogen and oxygen atoms in total. The van der Waals surface area contributed by atoms with Gasteiger partial charge in [-0.3, -0.25) is 9.69 Å². The number of hydrogen-bond acceptors (Lipinski definition) is 4.